The van der Waals surface area contributed by atoms with Gasteiger partial charge in [0.15, 0.2) is 0 Å². The van der Waals surface area contributed by atoms with Crippen LogP contribution in [0.15, 0.2) is 29.2 Å². The summed E-state index contributed by atoms with van der Waals surface area (Å²) in [5, 5.41) is 0. The summed E-state index contributed by atoms with van der Waals surface area (Å²) < 4.78 is 25.9. The first kappa shape index (κ1) is 15.9. The van der Waals surface area contributed by atoms with E-state index in [1.165, 1.54) is 12.1 Å². The molecule has 0 aliphatic rings. The van der Waals surface area contributed by atoms with E-state index in [4.69, 9.17) is 0 Å². The first-order valence-electron chi connectivity index (χ1n) is 6.45. The lowest BCUT2D eigenvalue weighted by molar-refractivity contribution is -0.119. The fraction of sp³-hybridized carbons (Fsp3) is 0.500. The minimum atomic E-state index is -3.41. The largest absolute Gasteiger partial charge is 0.299 e. The summed E-state index contributed by atoms with van der Waals surface area (Å²) in [6.07, 6.45) is 0.914. The number of carbonyl (C=O) groups is 1. The molecule has 0 spiro atoms. The van der Waals surface area contributed by atoms with Crippen molar-refractivity contribution in [3.8, 4) is 0 Å². The Morgan fingerprint density at radius 3 is 2.26 bits per heavy atom. The van der Waals surface area contributed by atoms with E-state index in [1.807, 2.05) is 13.8 Å². The highest BCUT2D eigenvalue weighted by Gasteiger charge is 2.12. The number of ketones is 1. The van der Waals surface area contributed by atoms with Gasteiger partial charge in [-0.15, -0.1) is 0 Å². The zero-order valence-corrected chi connectivity index (χ0v) is 12.5. The molecule has 0 radical (unpaired) electrons. The highest BCUT2D eigenvalue weighted by Crippen LogP contribution is 2.12. The Morgan fingerprint density at radius 2 is 1.79 bits per heavy atom. The smallest absolute Gasteiger partial charge is 0.240 e. The summed E-state index contributed by atoms with van der Waals surface area (Å²) >= 11 is 0. The lowest BCUT2D eigenvalue weighted by Crippen LogP contribution is -2.23. The average Bonchev–Trinajstić information content (AvgIpc) is 2.28. The number of carbonyl (C=O) groups excluding carboxylic acids is 1. The van der Waals surface area contributed by atoms with Crippen LogP contribution in [-0.2, 0) is 21.2 Å². The lowest BCUT2D eigenvalue weighted by Gasteiger charge is -2.06. The van der Waals surface area contributed by atoms with E-state index in [-0.39, 0.29) is 10.7 Å². The molecule has 0 heterocycles. The molecule has 1 aromatic rings. The van der Waals surface area contributed by atoms with Crippen LogP contribution < -0.4 is 4.72 Å². The van der Waals surface area contributed by atoms with Crippen molar-refractivity contribution in [2.24, 2.45) is 5.92 Å². The maximum absolute atomic E-state index is 11.7. The molecule has 0 unspecified atom stereocenters. The predicted octanol–water partition coefficient (Wildman–Crippen LogP) is 2.14. The number of benzene rings is 1. The second kappa shape index (κ2) is 6.82. The maximum atomic E-state index is 11.7. The lowest BCUT2D eigenvalue weighted by atomic mass is 10.0. The van der Waals surface area contributed by atoms with Crippen molar-refractivity contribution >= 4 is 15.8 Å². The predicted molar refractivity (Wildman–Crippen MR) is 75.5 cm³/mol. The molecule has 106 valence electrons. The third kappa shape index (κ3) is 5.12. The highest BCUT2D eigenvalue weighted by molar-refractivity contribution is 7.89. The van der Waals surface area contributed by atoms with Crippen molar-refractivity contribution in [1.82, 2.24) is 4.72 Å². The van der Waals surface area contributed by atoms with Gasteiger partial charge in [0, 0.05) is 19.4 Å². The molecular formula is C14H21NO3S. The second-order valence-electron chi connectivity index (χ2n) is 4.96. The standard InChI is InChI=1S/C14H21NO3S/c1-4-15-19(17,18)14-7-5-12(6-8-14)10-13(16)9-11(2)3/h5-8,11,15H,4,9-10H2,1-3H3. The van der Waals surface area contributed by atoms with Gasteiger partial charge in [0.25, 0.3) is 0 Å². The number of hydrogen-bond acceptors (Lipinski definition) is 3. The van der Waals surface area contributed by atoms with Gasteiger partial charge >= 0.3 is 0 Å². The fourth-order valence-corrected chi connectivity index (χ4v) is 2.86. The molecule has 0 atom stereocenters. The number of hydrogen-bond donors (Lipinski definition) is 1. The SMILES string of the molecule is CCNS(=O)(=O)c1ccc(CC(=O)CC(C)C)cc1. The van der Waals surface area contributed by atoms with Crippen molar-refractivity contribution in [3.63, 3.8) is 0 Å². The summed E-state index contributed by atoms with van der Waals surface area (Å²) in [6.45, 7) is 6.10. The molecule has 5 heteroatoms. The van der Waals surface area contributed by atoms with E-state index in [1.54, 1.807) is 19.1 Å². The molecule has 0 bridgehead atoms. The Hall–Kier alpha value is -1.20. The average molecular weight is 283 g/mol. The highest BCUT2D eigenvalue weighted by atomic mass is 32.2. The van der Waals surface area contributed by atoms with Crippen LogP contribution in [0.2, 0.25) is 0 Å². The topological polar surface area (TPSA) is 63.2 Å². The van der Waals surface area contributed by atoms with Gasteiger partial charge in [0.1, 0.15) is 5.78 Å². The third-order valence-corrected chi connectivity index (χ3v) is 4.17. The fourth-order valence-electron chi connectivity index (χ4n) is 1.81. The number of nitrogens with one attached hydrogen (secondary N) is 1. The van der Waals surface area contributed by atoms with Gasteiger partial charge in [0.05, 0.1) is 4.90 Å². The van der Waals surface area contributed by atoms with Gasteiger partial charge in [0.2, 0.25) is 10.0 Å². The van der Waals surface area contributed by atoms with Crippen LogP contribution in [0, 0.1) is 5.92 Å². The molecule has 1 aromatic carbocycles. The van der Waals surface area contributed by atoms with Gasteiger partial charge in [-0.3, -0.25) is 4.79 Å². The third-order valence-electron chi connectivity index (χ3n) is 2.61. The van der Waals surface area contributed by atoms with Gasteiger partial charge in [-0.2, -0.15) is 0 Å². The Balaban J connectivity index is 2.75. The normalized spacial score (nSPS) is 11.8. The molecule has 0 saturated carbocycles. The Bertz CT molecular complexity index is 518. The van der Waals surface area contributed by atoms with Crippen molar-refractivity contribution in [2.45, 2.75) is 38.5 Å². The molecule has 19 heavy (non-hydrogen) atoms. The number of sulfonamides is 1. The molecule has 0 fully saturated rings. The molecule has 0 saturated heterocycles. The van der Waals surface area contributed by atoms with E-state index >= 15 is 0 Å². The minimum absolute atomic E-state index is 0.178. The monoisotopic (exact) mass is 283 g/mol. The van der Waals surface area contributed by atoms with Crippen molar-refractivity contribution < 1.29 is 13.2 Å². The molecule has 0 aliphatic carbocycles. The first-order valence-corrected chi connectivity index (χ1v) is 7.93. The molecule has 1 N–H and O–H groups in total. The summed E-state index contributed by atoms with van der Waals surface area (Å²) in [6, 6.07) is 6.47. The van der Waals surface area contributed by atoms with Crippen LogP contribution in [0.1, 0.15) is 32.8 Å². The number of rotatable bonds is 7. The van der Waals surface area contributed by atoms with Gasteiger partial charge in [-0.05, 0) is 23.6 Å². The van der Waals surface area contributed by atoms with Crippen LogP contribution in [0.25, 0.3) is 0 Å². The van der Waals surface area contributed by atoms with Crippen molar-refractivity contribution in [3.05, 3.63) is 29.8 Å². The summed E-state index contributed by atoms with van der Waals surface area (Å²) in [4.78, 5) is 11.9. The quantitative estimate of drug-likeness (QED) is 0.834. The first-order chi connectivity index (χ1) is 8.85. The van der Waals surface area contributed by atoms with Crippen molar-refractivity contribution in [2.75, 3.05) is 6.54 Å². The summed E-state index contributed by atoms with van der Waals surface area (Å²) in [5.41, 5.74) is 0.848. The van der Waals surface area contributed by atoms with Crippen LogP contribution in [0.3, 0.4) is 0 Å². The molecule has 0 aliphatic heterocycles. The van der Waals surface area contributed by atoms with Gasteiger partial charge in [-0.1, -0.05) is 32.9 Å². The summed E-state index contributed by atoms with van der Waals surface area (Å²) in [7, 11) is -3.41. The molecule has 0 amide bonds. The van der Waals surface area contributed by atoms with Crippen LogP contribution in [0.5, 0.6) is 0 Å². The number of Topliss-reactive ketones (excluding diaryl/α,β-unsaturated/α-hetero) is 1. The zero-order chi connectivity index (χ0) is 14.5. The Morgan fingerprint density at radius 1 is 1.21 bits per heavy atom. The maximum Gasteiger partial charge on any atom is 0.240 e. The zero-order valence-electron chi connectivity index (χ0n) is 11.6. The van der Waals surface area contributed by atoms with E-state index in [9.17, 15) is 13.2 Å². The Kier molecular flexibility index (Phi) is 5.69. The van der Waals surface area contributed by atoms with Gasteiger partial charge in [-0.25, -0.2) is 13.1 Å². The molecular weight excluding hydrogens is 262 g/mol. The molecule has 0 aromatic heterocycles. The van der Waals surface area contributed by atoms with Crippen LogP contribution >= 0.6 is 0 Å². The second-order valence-corrected chi connectivity index (χ2v) is 6.73. The van der Waals surface area contributed by atoms with E-state index < -0.39 is 10.0 Å². The van der Waals surface area contributed by atoms with Gasteiger partial charge < -0.3 is 0 Å². The summed E-state index contributed by atoms with van der Waals surface area (Å²) in [5.74, 6) is 0.526. The molecule has 1 rings (SSSR count). The van der Waals surface area contributed by atoms with Crippen molar-refractivity contribution in [1.29, 1.82) is 0 Å². The van der Waals surface area contributed by atoms with Crippen LogP contribution in [-0.4, -0.2) is 20.7 Å². The van der Waals surface area contributed by atoms with E-state index in [0.29, 0.717) is 25.3 Å². The van der Waals surface area contributed by atoms with E-state index in [2.05, 4.69) is 4.72 Å². The Labute approximate surface area is 115 Å². The van der Waals surface area contributed by atoms with E-state index in [0.717, 1.165) is 5.56 Å². The van der Waals surface area contributed by atoms with Crippen LogP contribution in [0.4, 0.5) is 0 Å². The molecule has 4 nitrogen and oxygen atoms in total. The minimum Gasteiger partial charge on any atom is -0.299 e.